The number of rotatable bonds is 3. The van der Waals surface area contributed by atoms with Gasteiger partial charge in [0.25, 0.3) is 11.7 Å². The van der Waals surface area contributed by atoms with Crippen molar-refractivity contribution in [2.24, 2.45) is 0 Å². The summed E-state index contributed by atoms with van der Waals surface area (Å²) in [5.74, 6) is -3.29. The van der Waals surface area contributed by atoms with Crippen LogP contribution in [0.3, 0.4) is 0 Å². The Hall–Kier alpha value is -2.64. The summed E-state index contributed by atoms with van der Waals surface area (Å²) in [6, 6.07) is 1.46. The van der Waals surface area contributed by atoms with E-state index in [1.807, 2.05) is 0 Å². The Labute approximate surface area is 117 Å². The second-order valence-corrected chi connectivity index (χ2v) is 4.46. The van der Waals surface area contributed by atoms with E-state index in [0.717, 1.165) is 11.0 Å². The van der Waals surface area contributed by atoms with Crippen molar-refractivity contribution in [2.45, 2.75) is 19.9 Å². The third-order valence-electron chi connectivity index (χ3n) is 3.09. The molecule has 0 aliphatic carbocycles. The van der Waals surface area contributed by atoms with E-state index in [9.17, 15) is 18.4 Å². The first-order valence-electron chi connectivity index (χ1n) is 6.18. The number of carbonyl (C=O) groups excluding carboxylic acids is 2. The lowest BCUT2D eigenvalue weighted by atomic mass is 10.1. The smallest absolute Gasteiger partial charge is 0.299 e. The zero-order valence-electron chi connectivity index (χ0n) is 10.9. The molecule has 1 aliphatic heterocycles. The fourth-order valence-electron chi connectivity index (χ4n) is 2.14. The normalized spacial score (nSPS) is 14.0. The van der Waals surface area contributed by atoms with Crippen LogP contribution in [-0.2, 0) is 17.8 Å². The van der Waals surface area contributed by atoms with Gasteiger partial charge in [-0.3, -0.25) is 14.5 Å². The molecule has 2 aromatic rings. The van der Waals surface area contributed by atoms with Crippen LogP contribution in [0.25, 0.3) is 0 Å². The molecule has 0 unspecified atom stereocenters. The molecule has 1 aliphatic rings. The first-order valence-corrected chi connectivity index (χ1v) is 6.18. The summed E-state index contributed by atoms with van der Waals surface area (Å²) < 4.78 is 31.9. The molecule has 21 heavy (non-hydrogen) atoms. The first-order chi connectivity index (χ1) is 10.0. The molecule has 8 heteroatoms. The van der Waals surface area contributed by atoms with Gasteiger partial charge in [-0.15, -0.1) is 0 Å². The van der Waals surface area contributed by atoms with Crippen molar-refractivity contribution < 1.29 is 22.9 Å². The van der Waals surface area contributed by atoms with E-state index in [-0.39, 0.29) is 23.6 Å². The van der Waals surface area contributed by atoms with Gasteiger partial charge >= 0.3 is 0 Å². The largest absolute Gasteiger partial charge is 0.339 e. The molecule has 6 nitrogen and oxygen atoms in total. The highest BCUT2D eigenvalue weighted by Crippen LogP contribution is 2.33. The Kier molecular flexibility index (Phi) is 3.00. The van der Waals surface area contributed by atoms with Gasteiger partial charge in [0.05, 0.1) is 17.8 Å². The first kappa shape index (κ1) is 13.3. The van der Waals surface area contributed by atoms with Gasteiger partial charge in [0.1, 0.15) is 5.82 Å². The lowest BCUT2D eigenvalue weighted by molar-refractivity contribution is -0.114. The van der Waals surface area contributed by atoms with Crippen LogP contribution in [0.1, 0.15) is 29.0 Å². The zero-order valence-corrected chi connectivity index (χ0v) is 10.9. The molecular weight excluding hydrogens is 284 g/mol. The van der Waals surface area contributed by atoms with E-state index in [0.29, 0.717) is 18.4 Å². The van der Waals surface area contributed by atoms with Crippen molar-refractivity contribution in [2.75, 3.05) is 4.90 Å². The third kappa shape index (κ3) is 2.08. The van der Waals surface area contributed by atoms with Gasteiger partial charge in [-0.05, 0) is 6.07 Å². The van der Waals surface area contributed by atoms with Gasteiger partial charge in [0.2, 0.25) is 5.89 Å². The van der Waals surface area contributed by atoms with Crippen LogP contribution >= 0.6 is 0 Å². The highest BCUT2D eigenvalue weighted by Gasteiger charge is 2.39. The number of hydrogen-bond acceptors (Lipinski definition) is 5. The molecule has 1 aromatic carbocycles. The summed E-state index contributed by atoms with van der Waals surface area (Å²) in [5.41, 5.74) is -0.550. The molecule has 0 fully saturated rings. The number of amides is 1. The minimum Gasteiger partial charge on any atom is -0.339 e. The number of halogens is 2. The molecule has 0 atom stereocenters. The molecule has 108 valence electrons. The maximum absolute atomic E-state index is 13.9. The van der Waals surface area contributed by atoms with Crippen molar-refractivity contribution >= 4 is 17.4 Å². The average molecular weight is 293 g/mol. The number of aromatic nitrogens is 2. The summed E-state index contributed by atoms with van der Waals surface area (Å²) >= 11 is 0. The van der Waals surface area contributed by atoms with Crippen molar-refractivity contribution in [3.8, 4) is 0 Å². The number of Topliss-reactive ketones (excluding diaryl/α,β-unsaturated/α-hetero) is 1. The minimum atomic E-state index is -0.983. The van der Waals surface area contributed by atoms with E-state index in [2.05, 4.69) is 10.1 Å². The highest BCUT2D eigenvalue weighted by molar-refractivity contribution is 6.52. The van der Waals surface area contributed by atoms with Crippen LogP contribution in [0.5, 0.6) is 0 Å². The van der Waals surface area contributed by atoms with Crippen LogP contribution in [0.15, 0.2) is 16.7 Å². The summed E-state index contributed by atoms with van der Waals surface area (Å²) in [6.45, 7) is 1.59. The van der Waals surface area contributed by atoms with Crippen molar-refractivity contribution in [3.05, 3.63) is 41.0 Å². The van der Waals surface area contributed by atoms with Gasteiger partial charge in [-0.25, -0.2) is 8.78 Å². The summed E-state index contributed by atoms with van der Waals surface area (Å²) in [7, 11) is 0. The van der Waals surface area contributed by atoms with Crippen molar-refractivity contribution in [1.82, 2.24) is 10.1 Å². The molecule has 1 aromatic heterocycles. The van der Waals surface area contributed by atoms with E-state index in [4.69, 9.17) is 4.52 Å². The number of anilines is 1. The van der Waals surface area contributed by atoms with Gasteiger partial charge in [-0.1, -0.05) is 12.1 Å². The molecule has 0 saturated heterocycles. The standard InChI is InChI=1S/C13H9F2N3O3/c1-2-10-16-9(17-21-10)5-18-11-7(12(19)13(18)20)3-6(14)4-8(11)15/h3-4H,2,5H2,1H3. The molecular formula is C13H9F2N3O3. The molecule has 0 saturated carbocycles. The monoisotopic (exact) mass is 293 g/mol. The van der Waals surface area contributed by atoms with Gasteiger partial charge < -0.3 is 4.52 Å². The Morgan fingerprint density at radius 2 is 2.05 bits per heavy atom. The predicted octanol–water partition coefficient (Wildman–Crippen LogP) is 1.64. The van der Waals surface area contributed by atoms with Crippen LogP contribution in [0, 0.1) is 11.6 Å². The van der Waals surface area contributed by atoms with Gasteiger partial charge in [0.15, 0.2) is 11.6 Å². The molecule has 2 heterocycles. The van der Waals surface area contributed by atoms with Crippen molar-refractivity contribution in [3.63, 3.8) is 0 Å². The summed E-state index contributed by atoms with van der Waals surface area (Å²) in [6.07, 6.45) is 0.510. The second-order valence-electron chi connectivity index (χ2n) is 4.46. The van der Waals surface area contributed by atoms with E-state index in [1.54, 1.807) is 6.92 Å². The molecule has 1 amide bonds. The summed E-state index contributed by atoms with van der Waals surface area (Å²) in [4.78, 5) is 28.6. The van der Waals surface area contributed by atoms with Crippen LogP contribution in [0.2, 0.25) is 0 Å². The van der Waals surface area contributed by atoms with E-state index >= 15 is 0 Å². The maximum Gasteiger partial charge on any atom is 0.299 e. The predicted molar refractivity (Wildman–Crippen MR) is 65.6 cm³/mol. The minimum absolute atomic E-state index is 0.143. The molecule has 3 rings (SSSR count). The van der Waals surface area contributed by atoms with E-state index < -0.39 is 23.3 Å². The fourth-order valence-corrected chi connectivity index (χ4v) is 2.14. The Morgan fingerprint density at radius 1 is 1.29 bits per heavy atom. The topological polar surface area (TPSA) is 76.3 Å². The fraction of sp³-hybridized carbons (Fsp3) is 0.231. The number of hydrogen-bond donors (Lipinski definition) is 0. The van der Waals surface area contributed by atoms with Crippen LogP contribution in [0.4, 0.5) is 14.5 Å². The quantitative estimate of drug-likeness (QED) is 0.804. The highest BCUT2D eigenvalue weighted by atomic mass is 19.1. The van der Waals surface area contributed by atoms with Crippen LogP contribution in [-0.4, -0.2) is 21.8 Å². The number of carbonyl (C=O) groups is 2. The lowest BCUT2D eigenvalue weighted by Gasteiger charge is -2.14. The van der Waals surface area contributed by atoms with E-state index in [1.165, 1.54) is 0 Å². The second kappa shape index (κ2) is 4.72. The number of nitrogens with zero attached hydrogens (tertiary/aromatic N) is 3. The molecule has 0 N–H and O–H groups in total. The zero-order chi connectivity index (χ0) is 15.1. The maximum atomic E-state index is 13.9. The molecule has 0 radical (unpaired) electrons. The van der Waals surface area contributed by atoms with Crippen LogP contribution < -0.4 is 4.90 Å². The number of benzene rings is 1. The molecule has 0 bridgehead atoms. The number of aryl methyl sites for hydroxylation is 1. The van der Waals surface area contributed by atoms with Crippen molar-refractivity contribution in [1.29, 1.82) is 0 Å². The number of fused-ring (bicyclic) bond motifs is 1. The third-order valence-corrected chi connectivity index (χ3v) is 3.09. The van der Waals surface area contributed by atoms with Gasteiger partial charge in [0, 0.05) is 12.5 Å². The Balaban J connectivity index is 2.01. The summed E-state index contributed by atoms with van der Waals surface area (Å²) in [5, 5.41) is 3.64. The SMILES string of the molecule is CCc1nc(CN2C(=O)C(=O)c3cc(F)cc(F)c32)no1. The number of ketones is 1. The van der Waals surface area contributed by atoms with Gasteiger partial charge in [-0.2, -0.15) is 4.98 Å². The Morgan fingerprint density at radius 3 is 2.71 bits per heavy atom. The average Bonchev–Trinajstić information content (AvgIpc) is 2.98. The Bertz CT molecular complexity index is 757. The molecule has 0 spiro atoms. The lowest BCUT2D eigenvalue weighted by Crippen LogP contribution is -2.30.